The summed E-state index contributed by atoms with van der Waals surface area (Å²) in [4.78, 5) is 29.7. The number of benzene rings is 1. The molecule has 2 amide bonds. The van der Waals surface area contributed by atoms with E-state index in [2.05, 4.69) is 16.3 Å². The molecule has 1 fully saturated rings. The average molecular weight is 409 g/mol. The Morgan fingerprint density at radius 1 is 1.10 bits per heavy atom. The lowest BCUT2D eigenvalue weighted by molar-refractivity contribution is -0.135. The molecule has 2 aromatic rings. The molecule has 30 heavy (non-hydrogen) atoms. The Morgan fingerprint density at radius 2 is 1.80 bits per heavy atom. The van der Waals surface area contributed by atoms with Crippen molar-refractivity contribution in [3.05, 3.63) is 60.1 Å². The van der Waals surface area contributed by atoms with Gasteiger partial charge in [-0.3, -0.25) is 14.5 Å². The van der Waals surface area contributed by atoms with Crippen LogP contribution < -0.4 is 5.32 Å². The van der Waals surface area contributed by atoms with Crippen molar-refractivity contribution in [3.8, 4) is 6.07 Å². The van der Waals surface area contributed by atoms with Crippen LogP contribution >= 0.6 is 0 Å². The van der Waals surface area contributed by atoms with Gasteiger partial charge in [-0.25, -0.2) is 0 Å². The van der Waals surface area contributed by atoms with Crippen molar-refractivity contribution in [1.82, 2.24) is 15.1 Å². The first kappa shape index (κ1) is 21.6. The second kappa shape index (κ2) is 10.1. The minimum atomic E-state index is -0.687. The van der Waals surface area contributed by atoms with Crippen molar-refractivity contribution in [1.29, 1.82) is 5.26 Å². The number of furan rings is 1. The van der Waals surface area contributed by atoms with Gasteiger partial charge in [0.1, 0.15) is 12.1 Å². The van der Waals surface area contributed by atoms with E-state index in [0.717, 1.165) is 5.56 Å². The second-order valence-electron chi connectivity index (χ2n) is 7.87. The molecule has 7 heteroatoms. The predicted octanol–water partition coefficient (Wildman–Crippen LogP) is 2.31. The fourth-order valence-electron chi connectivity index (χ4n) is 3.78. The van der Waals surface area contributed by atoms with E-state index in [9.17, 15) is 14.9 Å². The lowest BCUT2D eigenvalue weighted by Crippen LogP contribution is -2.57. The summed E-state index contributed by atoms with van der Waals surface area (Å²) in [5.41, 5.74) is 0.971. The smallest absolute Gasteiger partial charge is 0.287 e. The number of piperazine rings is 1. The monoisotopic (exact) mass is 408 g/mol. The zero-order valence-electron chi connectivity index (χ0n) is 17.5. The zero-order valence-corrected chi connectivity index (χ0v) is 17.5. The first-order chi connectivity index (χ1) is 14.5. The van der Waals surface area contributed by atoms with Gasteiger partial charge in [-0.2, -0.15) is 5.26 Å². The molecule has 0 bridgehead atoms. The van der Waals surface area contributed by atoms with Gasteiger partial charge in [0.25, 0.3) is 5.91 Å². The van der Waals surface area contributed by atoms with Crippen molar-refractivity contribution >= 4 is 11.8 Å². The fourth-order valence-corrected chi connectivity index (χ4v) is 3.78. The Balaban J connectivity index is 1.69. The van der Waals surface area contributed by atoms with Gasteiger partial charge < -0.3 is 14.6 Å². The van der Waals surface area contributed by atoms with Gasteiger partial charge in [-0.1, -0.05) is 44.2 Å². The lowest BCUT2D eigenvalue weighted by atomic mass is 10.0. The summed E-state index contributed by atoms with van der Waals surface area (Å²) in [6.45, 7) is 6.42. The summed E-state index contributed by atoms with van der Waals surface area (Å²) in [6, 6.07) is 14.4. The summed E-state index contributed by atoms with van der Waals surface area (Å²) in [6.07, 6.45) is 1.83. The highest BCUT2D eigenvalue weighted by atomic mass is 16.3. The molecule has 158 valence electrons. The maximum atomic E-state index is 13.3. The van der Waals surface area contributed by atoms with Crippen LogP contribution in [0.4, 0.5) is 0 Å². The largest absolute Gasteiger partial charge is 0.459 e. The third-order valence-corrected chi connectivity index (χ3v) is 5.41. The molecule has 2 unspecified atom stereocenters. The van der Waals surface area contributed by atoms with Crippen LogP contribution in [0.5, 0.6) is 0 Å². The van der Waals surface area contributed by atoms with Crippen molar-refractivity contribution in [2.24, 2.45) is 5.92 Å². The molecular weight excluding hydrogens is 380 g/mol. The number of hydrogen-bond acceptors (Lipinski definition) is 5. The van der Waals surface area contributed by atoms with Crippen LogP contribution in [0.25, 0.3) is 0 Å². The minimum Gasteiger partial charge on any atom is -0.459 e. The quantitative estimate of drug-likeness (QED) is 0.759. The van der Waals surface area contributed by atoms with Crippen LogP contribution in [0.1, 0.15) is 30.0 Å². The molecule has 1 N–H and O–H groups in total. The molecule has 0 aliphatic carbocycles. The Kier molecular flexibility index (Phi) is 7.26. The molecule has 7 nitrogen and oxygen atoms in total. The van der Waals surface area contributed by atoms with Crippen LogP contribution in [0.15, 0.2) is 53.1 Å². The van der Waals surface area contributed by atoms with Gasteiger partial charge in [0.2, 0.25) is 5.91 Å². The van der Waals surface area contributed by atoms with Gasteiger partial charge in [-0.15, -0.1) is 0 Å². The lowest BCUT2D eigenvalue weighted by Gasteiger charge is -2.39. The normalized spacial score (nSPS) is 16.7. The van der Waals surface area contributed by atoms with E-state index in [1.54, 1.807) is 17.0 Å². The Bertz CT molecular complexity index is 866. The summed E-state index contributed by atoms with van der Waals surface area (Å²) < 4.78 is 5.17. The SMILES string of the molecule is CC(C)C(C#N)N1CCN(C(=O)C(Cc2ccccc2)NC(=O)c2ccco2)CC1. The number of rotatable bonds is 7. The Morgan fingerprint density at radius 3 is 2.37 bits per heavy atom. The van der Waals surface area contributed by atoms with Crippen LogP contribution in [-0.2, 0) is 11.2 Å². The molecular formula is C23H28N4O3. The Labute approximate surface area is 177 Å². The highest BCUT2D eigenvalue weighted by Gasteiger charge is 2.32. The molecule has 1 saturated heterocycles. The molecule has 0 spiro atoms. The number of nitriles is 1. The molecule has 1 aliphatic heterocycles. The number of amides is 2. The molecule has 3 rings (SSSR count). The van der Waals surface area contributed by atoms with Gasteiger partial charge in [0, 0.05) is 32.6 Å². The molecule has 0 radical (unpaired) electrons. The summed E-state index contributed by atoms with van der Waals surface area (Å²) >= 11 is 0. The third kappa shape index (κ3) is 5.28. The van der Waals surface area contributed by atoms with Gasteiger partial charge >= 0.3 is 0 Å². The van der Waals surface area contributed by atoms with Crippen molar-refractivity contribution < 1.29 is 14.0 Å². The van der Waals surface area contributed by atoms with Crippen molar-refractivity contribution in [3.63, 3.8) is 0 Å². The van der Waals surface area contributed by atoms with E-state index in [-0.39, 0.29) is 23.6 Å². The van der Waals surface area contributed by atoms with E-state index in [4.69, 9.17) is 4.42 Å². The summed E-state index contributed by atoms with van der Waals surface area (Å²) in [5, 5.41) is 12.3. The van der Waals surface area contributed by atoms with Gasteiger partial charge in [-0.05, 0) is 23.6 Å². The van der Waals surface area contributed by atoms with E-state index in [1.807, 2.05) is 44.2 Å². The third-order valence-electron chi connectivity index (χ3n) is 5.41. The van der Waals surface area contributed by atoms with Crippen molar-refractivity contribution in [2.45, 2.75) is 32.4 Å². The molecule has 1 aromatic carbocycles. The predicted molar refractivity (Wildman–Crippen MR) is 113 cm³/mol. The minimum absolute atomic E-state index is 0.114. The maximum absolute atomic E-state index is 13.3. The van der Waals surface area contributed by atoms with Gasteiger partial charge in [0.15, 0.2) is 5.76 Å². The summed E-state index contributed by atoms with van der Waals surface area (Å²) in [7, 11) is 0. The molecule has 1 aliphatic rings. The van der Waals surface area contributed by atoms with E-state index >= 15 is 0 Å². The zero-order chi connectivity index (χ0) is 21.5. The van der Waals surface area contributed by atoms with E-state index in [0.29, 0.717) is 32.6 Å². The van der Waals surface area contributed by atoms with Crippen LogP contribution in [0.3, 0.4) is 0 Å². The first-order valence-corrected chi connectivity index (χ1v) is 10.3. The number of carbonyl (C=O) groups is 2. The topological polar surface area (TPSA) is 89.6 Å². The number of hydrogen-bond donors (Lipinski definition) is 1. The summed E-state index contributed by atoms with van der Waals surface area (Å²) in [5.74, 6) is -0.108. The maximum Gasteiger partial charge on any atom is 0.287 e. The van der Waals surface area contributed by atoms with Crippen LogP contribution in [0.2, 0.25) is 0 Å². The second-order valence-corrected chi connectivity index (χ2v) is 7.87. The number of nitrogens with zero attached hydrogens (tertiary/aromatic N) is 3. The molecule has 2 atom stereocenters. The van der Waals surface area contributed by atoms with E-state index in [1.165, 1.54) is 6.26 Å². The highest BCUT2D eigenvalue weighted by Crippen LogP contribution is 2.15. The first-order valence-electron chi connectivity index (χ1n) is 10.3. The van der Waals surface area contributed by atoms with Crippen LogP contribution in [-0.4, -0.2) is 59.9 Å². The van der Waals surface area contributed by atoms with Crippen LogP contribution in [0, 0.1) is 17.2 Å². The standard InChI is InChI=1S/C23H28N4O3/c1-17(2)20(16-24)26-10-12-27(13-11-26)23(29)19(15-18-7-4-3-5-8-18)25-22(28)21-9-6-14-30-21/h3-9,14,17,19-20H,10-13,15H2,1-2H3,(H,25,28). The number of nitrogens with one attached hydrogen (secondary N) is 1. The highest BCUT2D eigenvalue weighted by molar-refractivity contribution is 5.95. The fraction of sp³-hybridized carbons (Fsp3) is 0.435. The Hall–Kier alpha value is -3.11. The number of carbonyl (C=O) groups excluding carboxylic acids is 2. The molecule has 1 aromatic heterocycles. The van der Waals surface area contributed by atoms with E-state index < -0.39 is 11.9 Å². The van der Waals surface area contributed by atoms with Gasteiger partial charge in [0.05, 0.1) is 12.3 Å². The van der Waals surface area contributed by atoms with Crippen molar-refractivity contribution in [2.75, 3.05) is 26.2 Å². The molecule has 0 saturated carbocycles. The molecule has 2 heterocycles. The average Bonchev–Trinajstić information content (AvgIpc) is 3.29.